The van der Waals surface area contributed by atoms with Crippen LogP contribution in [0.1, 0.15) is 41.2 Å². The topological polar surface area (TPSA) is 89.3 Å². The standard InChI is InChI=1S/C32H32ClFN4O5/c1-19-15-37(26-3-2-4-28-31(26)43-29(18-42-28)23-7-6-21(33)14-24(23)34)11-10-36(19)17-30-35-25-8-5-20(32(39)40)13-27(25)38(30)16-22-9-12-41-22/h2-8,13-14,19,22,29H,9-12,15-18H2,1H3,(H,39,40)/t19-,22-,29+/m0/s1. The van der Waals surface area contributed by atoms with Crippen molar-refractivity contribution in [3.05, 3.63) is 82.4 Å². The molecule has 1 N–H and O–H groups in total. The molecule has 0 spiro atoms. The minimum atomic E-state index is -0.956. The molecule has 2 fully saturated rings. The van der Waals surface area contributed by atoms with Gasteiger partial charge in [-0.2, -0.15) is 0 Å². The van der Waals surface area contributed by atoms with Crippen LogP contribution in [0, 0.1) is 5.82 Å². The first-order valence-corrected chi connectivity index (χ1v) is 14.9. The molecule has 4 heterocycles. The van der Waals surface area contributed by atoms with Crippen LogP contribution >= 0.6 is 11.6 Å². The third kappa shape index (κ3) is 5.39. The molecular formula is C32H32ClFN4O5. The zero-order valence-corrected chi connectivity index (χ0v) is 24.5. The van der Waals surface area contributed by atoms with Crippen molar-refractivity contribution in [1.82, 2.24) is 14.5 Å². The number of carbonyl (C=O) groups is 1. The molecule has 4 aromatic rings. The molecule has 224 valence electrons. The molecule has 11 heteroatoms. The van der Waals surface area contributed by atoms with Gasteiger partial charge >= 0.3 is 5.97 Å². The van der Waals surface area contributed by atoms with Crippen LogP contribution in [0.25, 0.3) is 11.0 Å². The Morgan fingerprint density at radius 1 is 1.16 bits per heavy atom. The first-order valence-electron chi connectivity index (χ1n) is 14.5. The number of halogens is 2. The van der Waals surface area contributed by atoms with Crippen LogP contribution in [-0.4, -0.2) is 70.5 Å². The van der Waals surface area contributed by atoms with Gasteiger partial charge in [0.25, 0.3) is 0 Å². The molecule has 0 aliphatic carbocycles. The molecule has 1 aromatic heterocycles. The Morgan fingerprint density at radius 2 is 2.02 bits per heavy atom. The number of benzene rings is 3. The molecule has 9 nitrogen and oxygen atoms in total. The van der Waals surface area contributed by atoms with Crippen molar-refractivity contribution in [3.8, 4) is 11.5 Å². The lowest BCUT2D eigenvalue weighted by molar-refractivity contribution is -0.0592. The first-order chi connectivity index (χ1) is 20.8. The maximum atomic E-state index is 14.7. The van der Waals surface area contributed by atoms with Gasteiger partial charge in [0.1, 0.15) is 18.2 Å². The minimum Gasteiger partial charge on any atom is -0.485 e. The summed E-state index contributed by atoms with van der Waals surface area (Å²) in [6.07, 6.45) is 0.500. The van der Waals surface area contributed by atoms with Gasteiger partial charge < -0.3 is 28.8 Å². The van der Waals surface area contributed by atoms with Crippen molar-refractivity contribution in [2.75, 3.05) is 37.7 Å². The lowest BCUT2D eigenvalue weighted by Crippen LogP contribution is -2.52. The Morgan fingerprint density at radius 3 is 2.77 bits per heavy atom. The van der Waals surface area contributed by atoms with Gasteiger partial charge in [0.2, 0.25) is 0 Å². The summed E-state index contributed by atoms with van der Waals surface area (Å²) in [6.45, 7) is 6.70. The SMILES string of the molecule is C[C@H]1CN(c2cccc3c2O[C@@H](c2ccc(Cl)cc2F)CO3)CCN1Cc1nc2ccc(C(=O)O)cc2n1C[C@@H]1CCO1. The maximum Gasteiger partial charge on any atom is 0.335 e. The number of fused-ring (bicyclic) bond motifs is 2. The quantitative estimate of drug-likeness (QED) is 0.293. The summed E-state index contributed by atoms with van der Waals surface area (Å²) >= 11 is 5.96. The van der Waals surface area contributed by atoms with Gasteiger partial charge in [-0.15, -0.1) is 0 Å². The van der Waals surface area contributed by atoms with Gasteiger partial charge in [-0.3, -0.25) is 4.90 Å². The van der Waals surface area contributed by atoms with E-state index >= 15 is 0 Å². The molecule has 0 saturated carbocycles. The number of hydrogen-bond acceptors (Lipinski definition) is 7. The Labute approximate surface area is 253 Å². The molecule has 7 rings (SSSR count). The van der Waals surface area contributed by atoms with Crippen LogP contribution in [0.5, 0.6) is 11.5 Å². The highest BCUT2D eigenvalue weighted by molar-refractivity contribution is 6.30. The largest absolute Gasteiger partial charge is 0.485 e. The summed E-state index contributed by atoms with van der Waals surface area (Å²) in [5.74, 6) is 0.785. The summed E-state index contributed by atoms with van der Waals surface area (Å²) in [5, 5.41) is 9.89. The smallest absolute Gasteiger partial charge is 0.335 e. The number of ether oxygens (including phenoxy) is 3. The van der Waals surface area contributed by atoms with Crippen molar-refractivity contribution in [2.24, 2.45) is 0 Å². The monoisotopic (exact) mass is 606 g/mol. The van der Waals surface area contributed by atoms with E-state index in [1.807, 2.05) is 18.2 Å². The highest BCUT2D eigenvalue weighted by Crippen LogP contribution is 2.44. The number of para-hydroxylation sites is 1. The highest BCUT2D eigenvalue weighted by atomic mass is 35.5. The van der Waals surface area contributed by atoms with E-state index < -0.39 is 17.9 Å². The molecule has 0 amide bonds. The first kappa shape index (κ1) is 27.9. The summed E-state index contributed by atoms with van der Waals surface area (Å²) in [4.78, 5) is 21.3. The molecule has 43 heavy (non-hydrogen) atoms. The summed E-state index contributed by atoms with van der Waals surface area (Å²) < 4.78 is 35.0. The molecule has 2 saturated heterocycles. The third-order valence-electron chi connectivity index (χ3n) is 8.62. The van der Waals surface area contributed by atoms with Crippen LogP contribution in [-0.2, 0) is 17.8 Å². The van der Waals surface area contributed by atoms with E-state index in [1.54, 1.807) is 30.3 Å². The Kier molecular flexibility index (Phi) is 7.36. The van der Waals surface area contributed by atoms with Gasteiger partial charge in [0, 0.05) is 42.9 Å². The lowest BCUT2D eigenvalue weighted by Gasteiger charge is -2.42. The number of hydrogen-bond donors (Lipinski definition) is 1. The summed E-state index contributed by atoms with van der Waals surface area (Å²) in [6, 6.07) is 15.7. The second-order valence-corrected chi connectivity index (χ2v) is 11.8. The fraction of sp³-hybridized carbons (Fsp3) is 0.375. The predicted molar refractivity (Wildman–Crippen MR) is 160 cm³/mol. The van der Waals surface area contributed by atoms with Crippen LogP contribution in [0.4, 0.5) is 10.1 Å². The fourth-order valence-corrected chi connectivity index (χ4v) is 6.29. The van der Waals surface area contributed by atoms with Crippen molar-refractivity contribution in [1.29, 1.82) is 0 Å². The molecule has 3 aliphatic rings. The second-order valence-electron chi connectivity index (χ2n) is 11.4. The molecule has 0 bridgehead atoms. The van der Waals surface area contributed by atoms with E-state index in [9.17, 15) is 14.3 Å². The molecule has 3 aromatic carbocycles. The van der Waals surface area contributed by atoms with Crippen molar-refractivity contribution in [3.63, 3.8) is 0 Å². The molecular weight excluding hydrogens is 575 g/mol. The zero-order valence-electron chi connectivity index (χ0n) is 23.7. The minimum absolute atomic E-state index is 0.107. The van der Waals surface area contributed by atoms with E-state index in [-0.39, 0.29) is 24.3 Å². The van der Waals surface area contributed by atoms with E-state index in [1.165, 1.54) is 6.07 Å². The van der Waals surface area contributed by atoms with Gasteiger partial charge in [-0.05, 0) is 55.8 Å². The molecule has 0 unspecified atom stereocenters. The Balaban J connectivity index is 1.10. The lowest BCUT2D eigenvalue weighted by atomic mass is 10.1. The summed E-state index contributed by atoms with van der Waals surface area (Å²) in [7, 11) is 0. The number of piperazine rings is 1. The van der Waals surface area contributed by atoms with Crippen molar-refractivity contribution >= 4 is 34.3 Å². The number of anilines is 1. The molecule has 3 aliphatic heterocycles. The number of nitrogens with zero attached hydrogens (tertiary/aromatic N) is 4. The number of aromatic nitrogens is 2. The number of carboxylic acids is 1. The molecule has 3 atom stereocenters. The van der Waals surface area contributed by atoms with E-state index in [0.717, 1.165) is 55.2 Å². The average Bonchev–Trinajstić information content (AvgIpc) is 3.31. The summed E-state index contributed by atoms with van der Waals surface area (Å²) in [5.41, 5.74) is 3.17. The zero-order chi connectivity index (χ0) is 29.7. The van der Waals surface area contributed by atoms with Gasteiger partial charge in [0.05, 0.1) is 41.5 Å². The van der Waals surface area contributed by atoms with Crippen LogP contribution < -0.4 is 14.4 Å². The average molecular weight is 607 g/mol. The van der Waals surface area contributed by atoms with Crippen LogP contribution in [0.3, 0.4) is 0 Å². The van der Waals surface area contributed by atoms with Gasteiger partial charge in [-0.1, -0.05) is 23.7 Å². The second kappa shape index (κ2) is 11.3. The maximum absolute atomic E-state index is 14.7. The van der Waals surface area contributed by atoms with Crippen LogP contribution in [0.2, 0.25) is 5.02 Å². The van der Waals surface area contributed by atoms with E-state index in [2.05, 4.69) is 21.3 Å². The number of rotatable bonds is 7. The van der Waals surface area contributed by atoms with Crippen molar-refractivity contribution < 1.29 is 28.5 Å². The highest BCUT2D eigenvalue weighted by Gasteiger charge is 2.32. The fourth-order valence-electron chi connectivity index (χ4n) is 6.14. The number of imidazole rings is 1. The Bertz CT molecular complexity index is 1690. The third-order valence-corrected chi connectivity index (χ3v) is 8.86. The van der Waals surface area contributed by atoms with Gasteiger partial charge in [-0.25, -0.2) is 14.2 Å². The normalized spacial score (nSPS) is 22.0. The number of carboxylic acid groups (broad SMARTS) is 1. The van der Waals surface area contributed by atoms with Gasteiger partial charge in [0.15, 0.2) is 17.6 Å². The Hall–Kier alpha value is -3.86. The van der Waals surface area contributed by atoms with E-state index in [0.29, 0.717) is 35.2 Å². The molecule has 0 radical (unpaired) electrons. The van der Waals surface area contributed by atoms with Crippen molar-refractivity contribution in [2.45, 2.75) is 44.7 Å². The number of aromatic carboxylic acids is 1. The predicted octanol–water partition coefficient (Wildman–Crippen LogP) is 5.54. The van der Waals surface area contributed by atoms with Crippen LogP contribution in [0.15, 0.2) is 54.6 Å². The van der Waals surface area contributed by atoms with E-state index in [4.69, 9.17) is 30.8 Å².